The lowest BCUT2D eigenvalue weighted by Crippen LogP contribution is -2.10. The van der Waals surface area contributed by atoms with Crippen molar-refractivity contribution in [2.75, 3.05) is 5.32 Å². The highest BCUT2D eigenvalue weighted by atomic mass is 19.4. The average Bonchev–Trinajstić information content (AvgIpc) is 2.41. The molecule has 7 heteroatoms. The molecule has 1 heterocycles. The van der Waals surface area contributed by atoms with Crippen LogP contribution in [0.25, 0.3) is 0 Å². The van der Waals surface area contributed by atoms with Crippen LogP contribution in [0.1, 0.15) is 24.2 Å². The topological polar surface area (TPSA) is 45.2 Å². The quantitative estimate of drug-likeness (QED) is 0.838. The van der Waals surface area contributed by atoms with Crippen LogP contribution >= 0.6 is 0 Å². The molecule has 0 saturated carbocycles. The molecule has 0 aliphatic rings. The van der Waals surface area contributed by atoms with E-state index in [9.17, 15) is 22.7 Å². The van der Waals surface area contributed by atoms with Crippen LogP contribution in [0.4, 0.5) is 23.2 Å². The minimum Gasteiger partial charge on any atom is -0.508 e. The van der Waals surface area contributed by atoms with Gasteiger partial charge in [-0.25, -0.2) is 9.37 Å². The van der Waals surface area contributed by atoms with E-state index in [1.807, 2.05) is 0 Å². The van der Waals surface area contributed by atoms with Crippen molar-refractivity contribution in [2.24, 2.45) is 0 Å². The fourth-order valence-corrected chi connectivity index (χ4v) is 1.85. The summed E-state index contributed by atoms with van der Waals surface area (Å²) in [6.07, 6.45) is -3.46. The van der Waals surface area contributed by atoms with Crippen LogP contribution in [-0.4, -0.2) is 10.1 Å². The monoisotopic (exact) mass is 300 g/mol. The Hall–Kier alpha value is -2.31. The first-order valence-corrected chi connectivity index (χ1v) is 6.05. The maximum atomic E-state index is 13.2. The number of hydrogen-bond acceptors (Lipinski definition) is 3. The van der Waals surface area contributed by atoms with Crippen molar-refractivity contribution < 1.29 is 22.7 Å². The Bertz CT molecular complexity index is 626. The normalized spacial score (nSPS) is 13.0. The number of anilines is 1. The molecule has 0 saturated heterocycles. The summed E-state index contributed by atoms with van der Waals surface area (Å²) >= 11 is 0. The summed E-state index contributed by atoms with van der Waals surface area (Å²) in [4.78, 5) is 3.31. The van der Waals surface area contributed by atoms with Gasteiger partial charge in [0.25, 0.3) is 0 Å². The molecule has 0 aliphatic carbocycles. The molecule has 2 N–H and O–H groups in total. The number of phenols is 1. The van der Waals surface area contributed by atoms with E-state index in [0.717, 1.165) is 24.4 Å². The molecule has 0 aliphatic heterocycles. The van der Waals surface area contributed by atoms with Gasteiger partial charge in [0.1, 0.15) is 17.3 Å². The van der Waals surface area contributed by atoms with E-state index >= 15 is 0 Å². The lowest BCUT2D eigenvalue weighted by molar-refractivity contribution is -0.141. The molecule has 0 amide bonds. The van der Waals surface area contributed by atoms with E-state index in [0.29, 0.717) is 11.3 Å². The molecule has 0 bridgehead atoms. The second-order valence-electron chi connectivity index (χ2n) is 4.50. The number of rotatable bonds is 3. The molecule has 21 heavy (non-hydrogen) atoms. The Morgan fingerprint density at radius 2 is 1.90 bits per heavy atom. The maximum Gasteiger partial charge on any atom is 0.433 e. The minimum absolute atomic E-state index is 0.101. The molecule has 1 atom stereocenters. The van der Waals surface area contributed by atoms with Crippen molar-refractivity contribution in [3.8, 4) is 5.75 Å². The largest absolute Gasteiger partial charge is 0.508 e. The third kappa shape index (κ3) is 3.62. The van der Waals surface area contributed by atoms with E-state index < -0.39 is 23.7 Å². The molecule has 0 spiro atoms. The summed E-state index contributed by atoms with van der Waals surface area (Å²) in [7, 11) is 0. The van der Waals surface area contributed by atoms with Crippen molar-refractivity contribution in [1.82, 2.24) is 4.98 Å². The van der Waals surface area contributed by atoms with Crippen molar-refractivity contribution in [1.29, 1.82) is 0 Å². The van der Waals surface area contributed by atoms with Crippen molar-refractivity contribution in [3.63, 3.8) is 0 Å². The summed E-state index contributed by atoms with van der Waals surface area (Å²) < 4.78 is 50.3. The molecule has 0 fully saturated rings. The summed E-state index contributed by atoms with van der Waals surface area (Å²) in [5, 5.41) is 12.5. The first-order chi connectivity index (χ1) is 9.77. The number of nitrogens with zero attached hydrogens (tertiary/aromatic N) is 1. The Morgan fingerprint density at radius 3 is 2.48 bits per heavy atom. The first-order valence-electron chi connectivity index (χ1n) is 6.05. The van der Waals surface area contributed by atoms with Crippen LogP contribution < -0.4 is 5.32 Å². The van der Waals surface area contributed by atoms with Gasteiger partial charge in [0.15, 0.2) is 0 Å². The summed E-state index contributed by atoms with van der Waals surface area (Å²) in [6.45, 7) is 1.65. The van der Waals surface area contributed by atoms with Gasteiger partial charge in [-0.2, -0.15) is 13.2 Å². The highest BCUT2D eigenvalue weighted by Crippen LogP contribution is 2.30. The maximum absolute atomic E-state index is 13.2. The SMILES string of the molecule is CC(Nc1ccc(C(F)(F)F)nc1)c1cc(F)ccc1O. The second-order valence-corrected chi connectivity index (χ2v) is 4.50. The summed E-state index contributed by atoms with van der Waals surface area (Å²) in [6, 6.07) is 5.06. The van der Waals surface area contributed by atoms with E-state index in [4.69, 9.17) is 0 Å². The van der Waals surface area contributed by atoms with Crippen LogP contribution in [0.3, 0.4) is 0 Å². The van der Waals surface area contributed by atoms with Gasteiger partial charge in [-0.3, -0.25) is 0 Å². The van der Waals surface area contributed by atoms with Crippen LogP contribution in [0, 0.1) is 5.82 Å². The van der Waals surface area contributed by atoms with E-state index in [2.05, 4.69) is 10.3 Å². The molecule has 0 radical (unpaired) electrons. The molecule has 1 aromatic heterocycles. The number of phenolic OH excluding ortho intramolecular Hbond substituents is 1. The van der Waals surface area contributed by atoms with Gasteiger partial charge >= 0.3 is 6.18 Å². The van der Waals surface area contributed by atoms with Crippen LogP contribution in [0.5, 0.6) is 5.75 Å². The van der Waals surface area contributed by atoms with E-state index in [1.165, 1.54) is 12.1 Å². The Balaban J connectivity index is 2.16. The number of alkyl halides is 3. The summed E-state index contributed by atoms with van der Waals surface area (Å²) in [5.41, 5.74) is -0.358. The Kier molecular flexibility index (Phi) is 4.02. The number of nitrogens with one attached hydrogen (secondary N) is 1. The average molecular weight is 300 g/mol. The zero-order valence-corrected chi connectivity index (χ0v) is 10.9. The number of hydrogen-bond donors (Lipinski definition) is 2. The van der Waals surface area contributed by atoms with Gasteiger partial charge in [-0.05, 0) is 37.3 Å². The van der Waals surface area contributed by atoms with Crippen LogP contribution in [0.2, 0.25) is 0 Å². The molecule has 3 nitrogen and oxygen atoms in total. The van der Waals surface area contributed by atoms with Crippen molar-refractivity contribution in [2.45, 2.75) is 19.1 Å². The third-order valence-corrected chi connectivity index (χ3v) is 2.89. The van der Waals surface area contributed by atoms with Gasteiger partial charge in [-0.1, -0.05) is 0 Å². The number of pyridine rings is 1. The lowest BCUT2D eigenvalue weighted by Gasteiger charge is -2.17. The number of aromatic nitrogens is 1. The zero-order valence-electron chi connectivity index (χ0n) is 10.9. The highest BCUT2D eigenvalue weighted by Gasteiger charge is 2.32. The molecule has 2 aromatic rings. The van der Waals surface area contributed by atoms with Gasteiger partial charge < -0.3 is 10.4 Å². The molecule has 112 valence electrons. The number of benzene rings is 1. The smallest absolute Gasteiger partial charge is 0.433 e. The number of halogens is 4. The lowest BCUT2D eigenvalue weighted by atomic mass is 10.1. The number of aromatic hydroxyl groups is 1. The van der Waals surface area contributed by atoms with Crippen molar-refractivity contribution in [3.05, 3.63) is 53.6 Å². The first kappa shape index (κ1) is 15.1. The van der Waals surface area contributed by atoms with E-state index in [1.54, 1.807) is 6.92 Å². The molecular weight excluding hydrogens is 288 g/mol. The Morgan fingerprint density at radius 1 is 1.19 bits per heavy atom. The van der Waals surface area contributed by atoms with Crippen LogP contribution in [-0.2, 0) is 6.18 Å². The fraction of sp³-hybridized carbons (Fsp3) is 0.214. The predicted octanol–water partition coefficient (Wildman–Crippen LogP) is 4.12. The van der Waals surface area contributed by atoms with Crippen molar-refractivity contribution >= 4 is 5.69 Å². The van der Waals surface area contributed by atoms with Crippen LogP contribution in [0.15, 0.2) is 36.5 Å². The van der Waals surface area contributed by atoms with Gasteiger partial charge in [-0.15, -0.1) is 0 Å². The molecular formula is C14H12F4N2O. The third-order valence-electron chi connectivity index (χ3n) is 2.89. The Labute approximate surface area is 118 Å². The molecule has 1 aromatic carbocycles. The minimum atomic E-state index is -4.50. The summed E-state index contributed by atoms with van der Waals surface area (Å²) in [5.74, 6) is -0.613. The highest BCUT2D eigenvalue weighted by molar-refractivity contribution is 5.46. The molecule has 2 rings (SSSR count). The van der Waals surface area contributed by atoms with Gasteiger partial charge in [0.05, 0.1) is 17.9 Å². The molecule has 1 unspecified atom stereocenters. The zero-order chi connectivity index (χ0) is 15.6. The predicted molar refractivity (Wildman–Crippen MR) is 69.3 cm³/mol. The van der Waals surface area contributed by atoms with E-state index in [-0.39, 0.29) is 5.75 Å². The standard InChI is InChI=1S/C14H12F4N2O/c1-8(11-6-9(15)2-4-12(11)21)20-10-3-5-13(19-7-10)14(16,17)18/h2-8,20-21H,1H3. The fourth-order valence-electron chi connectivity index (χ4n) is 1.85. The van der Waals surface area contributed by atoms with Gasteiger partial charge in [0.2, 0.25) is 0 Å². The second kappa shape index (κ2) is 5.59. The van der Waals surface area contributed by atoms with Gasteiger partial charge in [0, 0.05) is 5.56 Å².